The number of aromatic nitrogens is 2. The molecule has 1 amide bonds. The average Bonchev–Trinajstić information content (AvgIpc) is 2.87. The van der Waals surface area contributed by atoms with Crippen molar-refractivity contribution in [3.63, 3.8) is 0 Å². The highest BCUT2D eigenvalue weighted by Crippen LogP contribution is 2.47. The highest BCUT2D eigenvalue weighted by molar-refractivity contribution is 7.92. The molecule has 1 aromatic rings. The zero-order valence-corrected chi connectivity index (χ0v) is 13.8. The fourth-order valence-corrected chi connectivity index (χ4v) is 4.97. The highest BCUT2D eigenvalue weighted by Gasteiger charge is 2.50. The molecule has 2 fully saturated rings. The van der Waals surface area contributed by atoms with E-state index in [1.807, 2.05) is 0 Å². The molecule has 1 heterocycles. The van der Waals surface area contributed by atoms with Gasteiger partial charge in [0.1, 0.15) is 0 Å². The van der Waals surface area contributed by atoms with Gasteiger partial charge in [-0.05, 0) is 25.7 Å². The lowest BCUT2D eigenvalue weighted by atomic mass is 10.1. The Morgan fingerprint density at radius 3 is 2.38 bits per heavy atom. The number of sulfone groups is 1. The van der Waals surface area contributed by atoms with Gasteiger partial charge in [0, 0.05) is 23.2 Å². The molecule has 0 unspecified atom stereocenters. The Hall–Kier alpha value is -1.02. The standard InChI is InChI=1S/C13H19N3O3S2/c1-12(7-8-12)9-14-11(20-16-9)15-10(17)13(21(2,18)19)5-3-4-6-13/h3-8H2,1-2H3,(H,14,15,16,17). The SMILES string of the molecule is CC1(c2nsc(NC(=O)C3(S(C)(=O)=O)CCCC3)n2)CC1. The molecule has 0 aliphatic heterocycles. The number of hydrogen-bond acceptors (Lipinski definition) is 6. The number of nitrogens with one attached hydrogen (secondary N) is 1. The molecular weight excluding hydrogens is 310 g/mol. The second-order valence-electron chi connectivity index (χ2n) is 6.41. The lowest BCUT2D eigenvalue weighted by Gasteiger charge is -2.24. The van der Waals surface area contributed by atoms with E-state index >= 15 is 0 Å². The molecular formula is C13H19N3O3S2. The zero-order valence-electron chi connectivity index (χ0n) is 12.2. The van der Waals surface area contributed by atoms with Crippen LogP contribution in [-0.4, -0.2) is 34.7 Å². The first kappa shape index (κ1) is 14.9. The van der Waals surface area contributed by atoms with Gasteiger partial charge < -0.3 is 0 Å². The third-order valence-corrected chi connectivity index (χ3v) is 7.36. The van der Waals surface area contributed by atoms with Crippen molar-refractivity contribution < 1.29 is 13.2 Å². The van der Waals surface area contributed by atoms with Crippen LogP contribution < -0.4 is 5.32 Å². The van der Waals surface area contributed by atoms with Crippen molar-refractivity contribution in [2.75, 3.05) is 11.6 Å². The Morgan fingerprint density at radius 1 is 1.24 bits per heavy atom. The van der Waals surface area contributed by atoms with Crippen molar-refractivity contribution in [1.29, 1.82) is 0 Å². The van der Waals surface area contributed by atoms with Crippen LogP contribution in [0.15, 0.2) is 0 Å². The second kappa shape index (κ2) is 4.74. The lowest BCUT2D eigenvalue weighted by Crippen LogP contribution is -2.47. The van der Waals surface area contributed by atoms with Crippen LogP contribution in [0.3, 0.4) is 0 Å². The largest absolute Gasteiger partial charge is 0.299 e. The monoisotopic (exact) mass is 329 g/mol. The number of anilines is 1. The van der Waals surface area contributed by atoms with E-state index in [9.17, 15) is 13.2 Å². The number of amides is 1. The summed E-state index contributed by atoms with van der Waals surface area (Å²) in [5.74, 6) is 0.300. The highest BCUT2D eigenvalue weighted by atomic mass is 32.2. The van der Waals surface area contributed by atoms with Crippen LogP contribution in [0, 0.1) is 0 Å². The Kier molecular flexibility index (Phi) is 3.36. The maximum atomic E-state index is 12.5. The van der Waals surface area contributed by atoms with Gasteiger partial charge in [0.25, 0.3) is 0 Å². The van der Waals surface area contributed by atoms with Crippen molar-refractivity contribution in [1.82, 2.24) is 9.36 Å². The van der Waals surface area contributed by atoms with Crippen molar-refractivity contribution in [3.05, 3.63) is 5.82 Å². The van der Waals surface area contributed by atoms with Crippen LogP contribution in [0.1, 0.15) is 51.3 Å². The molecule has 8 heteroatoms. The molecule has 0 saturated heterocycles. The molecule has 0 spiro atoms. The van der Waals surface area contributed by atoms with Gasteiger partial charge in [-0.3, -0.25) is 10.1 Å². The van der Waals surface area contributed by atoms with E-state index in [4.69, 9.17) is 0 Å². The molecule has 2 aliphatic carbocycles. The minimum atomic E-state index is -3.45. The van der Waals surface area contributed by atoms with Gasteiger partial charge in [-0.1, -0.05) is 19.8 Å². The molecule has 0 atom stereocenters. The lowest BCUT2D eigenvalue weighted by molar-refractivity contribution is -0.118. The van der Waals surface area contributed by atoms with Gasteiger partial charge in [-0.15, -0.1) is 0 Å². The Bertz CT molecular complexity index is 671. The molecule has 116 valence electrons. The topological polar surface area (TPSA) is 89.0 Å². The first-order chi connectivity index (χ1) is 9.77. The zero-order chi connectivity index (χ0) is 15.3. The maximum Gasteiger partial charge on any atom is 0.247 e. The van der Waals surface area contributed by atoms with E-state index in [1.54, 1.807) is 0 Å². The molecule has 6 nitrogen and oxygen atoms in total. The van der Waals surface area contributed by atoms with Crippen LogP contribution in [0.4, 0.5) is 5.13 Å². The van der Waals surface area contributed by atoms with Crippen molar-refractivity contribution >= 4 is 32.4 Å². The molecule has 0 bridgehead atoms. The van der Waals surface area contributed by atoms with Gasteiger partial charge in [-0.2, -0.15) is 4.37 Å². The van der Waals surface area contributed by atoms with Crippen molar-refractivity contribution in [3.8, 4) is 0 Å². The molecule has 1 N–H and O–H groups in total. The van der Waals surface area contributed by atoms with E-state index in [0.717, 1.165) is 49.3 Å². The first-order valence-corrected chi connectivity index (χ1v) is 9.79. The summed E-state index contributed by atoms with van der Waals surface area (Å²) in [6.45, 7) is 2.09. The Balaban J connectivity index is 1.80. The normalized spacial score (nSPS) is 23.0. The van der Waals surface area contributed by atoms with Gasteiger partial charge >= 0.3 is 0 Å². The minimum Gasteiger partial charge on any atom is -0.299 e. The number of carbonyl (C=O) groups is 1. The molecule has 2 aliphatic rings. The summed E-state index contributed by atoms with van der Waals surface area (Å²) in [7, 11) is -3.45. The maximum absolute atomic E-state index is 12.5. The van der Waals surface area contributed by atoms with Crippen LogP contribution in [-0.2, 0) is 20.0 Å². The summed E-state index contributed by atoms with van der Waals surface area (Å²) in [6.07, 6.45) is 5.57. The van der Waals surface area contributed by atoms with Crippen LogP contribution in [0.5, 0.6) is 0 Å². The smallest absolute Gasteiger partial charge is 0.247 e. The summed E-state index contributed by atoms with van der Waals surface area (Å²) in [4.78, 5) is 16.9. The molecule has 0 aromatic carbocycles. The van der Waals surface area contributed by atoms with Crippen molar-refractivity contribution in [2.24, 2.45) is 0 Å². The molecule has 3 rings (SSSR count). The second-order valence-corrected chi connectivity index (χ2v) is 9.49. The number of nitrogens with zero attached hydrogens (tertiary/aromatic N) is 2. The van der Waals surface area contributed by atoms with Gasteiger partial charge in [0.15, 0.2) is 20.4 Å². The predicted molar refractivity (Wildman–Crippen MR) is 81.2 cm³/mol. The van der Waals surface area contributed by atoms with E-state index in [2.05, 4.69) is 21.6 Å². The molecule has 0 radical (unpaired) electrons. The van der Waals surface area contributed by atoms with E-state index in [1.165, 1.54) is 0 Å². The molecule has 21 heavy (non-hydrogen) atoms. The van der Waals surface area contributed by atoms with Crippen LogP contribution in [0.2, 0.25) is 0 Å². The van der Waals surface area contributed by atoms with Gasteiger partial charge in [0.2, 0.25) is 11.0 Å². The third-order valence-electron chi connectivity index (χ3n) is 4.72. The number of hydrogen-bond donors (Lipinski definition) is 1. The fourth-order valence-electron chi connectivity index (χ4n) is 2.85. The summed E-state index contributed by atoms with van der Waals surface area (Å²) < 4.78 is 27.1. The van der Waals surface area contributed by atoms with Gasteiger partial charge in [0.05, 0.1) is 0 Å². The summed E-state index contributed by atoms with van der Waals surface area (Å²) >= 11 is 1.12. The third kappa shape index (κ3) is 2.48. The summed E-state index contributed by atoms with van der Waals surface area (Å²) in [5, 5.41) is 3.08. The average molecular weight is 329 g/mol. The molecule has 2 saturated carbocycles. The van der Waals surface area contributed by atoms with Crippen molar-refractivity contribution in [2.45, 2.75) is 55.6 Å². The van der Waals surface area contributed by atoms with Crippen LogP contribution >= 0.6 is 11.5 Å². The number of rotatable bonds is 4. The van der Waals surface area contributed by atoms with E-state index in [0.29, 0.717) is 18.0 Å². The summed E-state index contributed by atoms with van der Waals surface area (Å²) in [6, 6.07) is 0. The first-order valence-electron chi connectivity index (χ1n) is 7.12. The van der Waals surface area contributed by atoms with Crippen LogP contribution in [0.25, 0.3) is 0 Å². The summed E-state index contributed by atoms with van der Waals surface area (Å²) in [5.41, 5.74) is 0.0430. The van der Waals surface area contributed by atoms with E-state index < -0.39 is 20.5 Å². The minimum absolute atomic E-state index is 0.0430. The Labute approximate surface area is 128 Å². The molecule has 1 aromatic heterocycles. The fraction of sp³-hybridized carbons (Fsp3) is 0.769. The Morgan fingerprint density at radius 2 is 1.86 bits per heavy atom. The number of carbonyl (C=O) groups excluding carboxylic acids is 1. The quantitative estimate of drug-likeness (QED) is 0.911. The van der Waals surface area contributed by atoms with E-state index in [-0.39, 0.29) is 5.41 Å². The van der Waals surface area contributed by atoms with Gasteiger partial charge in [-0.25, -0.2) is 13.4 Å². The predicted octanol–water partition coefficient (Wildman–Crippen LogP) is 1.89.